The standard InChI is InChI=1S/C21H15Cl2N3O5/c22-15-7-4-8-16(23)20(15)25-19(27)12-31-21(28)13-9-10-17(18(11-13)26(29)30)24-14-5-2-1-3-6-14/h1-11,24H,12H2,(H,25,27). The highest BCUT2D eigenvalue weighted by Crippen LogP contribution is 2.30. The number of nitrogens with zero attached hydrogens (tertiary/aromatic N) is 1. The minimum Gasteiger partial charge on any atom is -0.452 e. The second kappa shape index (κ2) is 9.92. The zero-order valence-electron chi connectivity index (χ0n) is 15.8. The molecule has 2 N–H and O–H groups in total. The van der Waals surface area contributed by atoms with Crippen LogP contribution in [0.4, 0.5) is 22.7 Å². The first-order valence-corrected chi connectivity index (χ1v) is 9.62. The highest BCUT2D eigenvalue weighted by atomic mass is 35.5. The van der Waals surface area contributed by atoms with Crippen LogP contribution in [0.15, 0.2) is 66.7 Å². The number of hydrogen-bond acceptors (Lipinski definition) is 6. The molecule has 0 aliphatic heterocycles. The minimum atomic E-state index is -0.894. The smallest absolute Gasteiger partial charge is 0.338 e. The van der Waals surface area contributed by atoms with Crippen molar-refractivity contribution in [2.45, 2.75) is 0 Å². The number of halogens is 2. The van der Waals surface area contributed by atoms with Gasteiger partial charge in [-0.25, -0.2) is 4.79 Å². The molecule has 3 aromatic carbocycles. The molecule has 0 saturated heterocycles. The molecule has 10 heteroatoms. The Labute approximate surface area is 186 Å². The zero-order valence-corrected chi connectivity index (χ0v) is 17.3. The van der Waals surface area contributed by atoms with Crippen molar-refractivity contribution < 1.29 is 19.2 Å². The van der Waals surface area contributed by atoms with Gasteiger partial charge < -0.3 is 15.4 Å². The molecule has 158 valence electrons. The number of nitro groups is 1. The molecule has 0 unspecified atom stereocenters. The van der Waals surface area contributed by atoms with Gasteiger partial charge in [0.25, 0.3) is 11.6 Å². The number of para-hydroxylation sites is 2. The zero-order chi connectivity index (χ0) is 22.4. The summed E-state index contributed by atoms with van der Waals surface area (Å²) in [6.45, 7) is -0.627. The Morgan fingerprint density at radius 3 is 2.29 bits per heavy atom. The van der Waals surface area contributed by atoms with Gasteiger partial charge in [-0.3, -0.25) is 14.9 Å². The predicted molar refractivity (Wildman–Crippen MR) is 118 cm³/mol. The number of ether oxygens (including phenoxy) is 1. The van der Waals surface area contributed by atoms with Crippen LogP contribution >= 0.6 is 23.2 Å². The lowest BCUT2D eigenvalue weighted by molar-refractivity contribution is -0.383. The van der Waals surface area contributed by atoms with E-state index in [1.165, 1.54) is 12.1 Å². The molecule has 0 aromatic heterocycles. The van der Waals surface area contributed by atoms with E-state index in [9.17, 15) is 19.7 Å². The Hall–Kier alpha value is -3.62. The van der Waals surface area contributed by atoms with E-state index in [1.807, 2.05) is 6.07 Å². The molecular weight excluding hydrogens is 445 g/mol. The van der Waals surface area contributed by atoms with Crippen molar-refractivity contribution >= 4 is 57.8 Å². The van der Waals surface area contributed by atoms with Gasteiger partial charge in [-0.1, -0.05) is 47.5 Å². The first kappa shape index (κ1) is 22.1. The molecule has 0 aliphatic rings. The van der Waals surface area contributed by atoms with Gasteiger partial charge in [0.2, 0.25) is 0 Å². The van der Waals surface area contributed by atoms with Gasteiger partial charge >= 0.3 is 5.97 Å². The Kier molecular flexibility index (Phi) is 7.07. The number of carbonyl (C=O) groups is 2. The molecule has 0 radical (unpaired) electrons. The van der Waals surface area contributed by atoms with E-state index in [2.05, 4.69) is 10.6 Å². The normalized spacial score (nSPS) is 10.3. The third kappa shape index (κ3) is 5.71. The first-order valence-electron chi connectivity index (χ1n) is 8.86. The number of esters is 1. The number of nitro benzene ring substituents is 1. The van der Waals surface area contributed by atoms with Crippen molar-refractivity contribution in [1.29, 1.82) is 0 Å². The van der Waals surface area contributed by atoms with Gasteiger partial charge in [-0.05, 0) is 36.4 Å². The fraction of sp³-hybridized carbons (Fsp3) is 0.0476. The van der Waals surface area contributed by atoms with Crippen LogP contribution in [0.25, 0.3) is 0 Å². The number of amides is 1. The number of anilines is 3. The molecule has 3 aromatic rings. The number of rotatable bonds is 7. The molecule has 3 rings (SSSR count). The Bertz CT molecular complexity index is 1120. The quantitative estimate of drug-likeness (QED) is 0.276. The van der Waals surface area contributed by atoms with E-state index >= 15 is 0 Å². The van der Waals surface area contributed by atoms with Crippen molar-refractivity contribution in [3.63, 3.8) is 0 Å². The highest BCUT2D eigenvalue weighted by molar-refractivity contribution is 6.39. The van der Waals surface area contributed by atoms with E-state index in [1.54, 1.807) is 42.5 Å². The summed E-state index contributed by atoms with van der Waals surface area (Å²) in [6, 6.07) is 17.4. The van der Waals surface area contributed by atoms with E-state index in [4.69, 9.17) is 27.9 Å². The lowest BCUT2D eigenvalue weighted by Crippen LogP contribution is -2.21. The van der Waals surface area contributed by atoms with Gasteiger partial charge in [0.15, 0.2) is 6.61 Å². The molecule has 0 fully saturated rings. The van der Waals surface area contributed by atoms with Gasteiger partial charge in [0.05, 0.1) is 26.2 Å². The van der Waals surface area contributed by atoms with Crippen LogP contribution in [-0.4, -0.2) is 23.4 Å². The second-order valence-corrected chi connectivity index (χ2v) is 7.02. The van der Waals surface area contributed by atoms with Crippen LogP contribution in [0.5, 0.6) is 0 Å². The van der Waals surface area contributed by atoms with Crippen molar-refractivity contribution in [2.75, 3.05) is 17.2 Å². The first-order chi connectivity index (χ1) is 14.8. The van der Waals surface area contributed by atoms with Crippen LogP contribution in [-0.2, 0) is 9.53 Å². The molecule has 8 nitrogen and oxygen atoms in total. The number of nitrogens with one attached hydrogen (secondary N) is 2. The fourth-order valence-corrected chi connectivity index (χ4v) is 3.09. The Morgan fingerprint density at radius 2 is 1.65 bits per heavy atom. The van der Waals surface area contributed by atoms with Crippen molar-refractivity contribution in [1.82, 2.24) is 0 Å². The van der Waals surface area contributed by atoms with Crippen LogP contribution in [0, 0.1) is 10.1 Å². The summed E-state index contributed by atoms with van der Waals surface area (Å²) in [6.07, 6.45) is 0. The van der Waals surface area contributed by atoms with E-state index in [0.717, 1.165) is 6.07 Å². The maximum absolute atomic E-state index is 12.3. The maximum Gasteiger partial charge on any atom is 0.338 e. The van der Waals surface area contributed by atoms with Gasteiger partial charge in [0.1, 0.15) is 5.69 Å². The summed E-state index contributed by atoms with van der Waals surface area (Å²) in [5, 5.41) is 17.3. The van der Waals surface area contributed by atoms with Crippen molar-refractivity contribution in [3.8, 4) is 0 Å². The summed E-state index contributed by atoms with van der Waals surface area (Å²) < 4.78 is 4.95. The highest BCUT2D eigenvalue weighted by Gasteiger charge is 2.19. The van der Waals surface area contributed by atoms with E-state index in [0.29, 0.717) is 5.69 Å². The van der Waals surface area contributed by atoms with Gasteiger partial charge in [-0.15, -0.1) is 0 Å². The lowest BCUT2D eigenvalue weighted by atomic mass is 10.1. The summed E-state index contributed by atoms with van der Waals surface area (Å²) in [7, 11) is 0. The lowest BCUT2D eigenvalue weighted by Gasteiger charge is -2.10. The number of carbonyl (C=O) groups excluding carboxylic acids is 2. The minimum absolute atomic E-state index is 0.0751. The molecule has 1 amide bonds. The van der Waals surface area contributed by atoms with Crippen LogP contribution in [0.3, 0.4) is 0 Å². The summed E-state index contributed by atoms with van der Waals surface area (Å²) in [5.74, 6) is -1.56. The van der Waals surface area contributed by atoms with Gasteiger partial charge in [-0.2, -0.15) is 0 Å². The Balaban J connectivity index is 1.68. The SMILES string of the molecule is O=C(COC(=O)c1ccc(Nc2ccccc2)c([N+](=O)[O-])c1)Nc1c(Cl)cccc1Cl. The third-order valence-electron chi connectivity index (χ3n) is 4.04. The Morgan fingerprint density at radius 1 is 0.968 bits per heavy atom. The number of hydrogen-bond donors (Lipinski definition) is 2. The average molecular weight is 460 g/mol. The van der Waals surface area contributed by atoms with Gasteiger partial charge in [0, 0.05) is 11.8 Å². The number of benzene rings is 3. The largest absolute Gasteiger partial charge is 0.452 e. The van der Waals surface area contributed by atoms with E-state index in [-0.39, 0.29) is 32.7 Å². The molecule has 0 heterocycles. The van der Waals surface area contributed by atoms with Crippen molar-refractivity contribution in [3.05, 3.63) is 92.5 Å². The third-order valence-corrected chi connectivity index (χ3v) is 4.67. The van der Waals surface area contributed by atoms with Crippen LogP contribution in [0.2, 0.25) is 10.0 Å². The topological polar surface area (TPSA) is 111 Å². The maximum atomic E-state index is 12.3. The summed E-state index contributed by atoms with van der Waals surface area (Å²) in [5.41, 5.74) is 0.660. The average Bonchev–Trinajstić information content (AvgIpc) is 2.75. The monoisotopic (exact) mass is 459 g/mol. The van der Waals surface area contributed by atoms with Crippen molar-refractivity contribution in [2.24, 2.45) is 0 Å². The summed E-state index contributed by atoms with van der Waals surface area (Å²) in [4.78, 5) is 35.2. The molecule has 0 spiro atoms. The summed E-state index contributed by atoms with van der Waals surface area (Å²) >= 11 is 12.0. The fourth-order valence-electron chi connectivity index (χ4n) is 2.60. The second-order valence-electron chi connectivity index (χ2n) is 6.20. The molecule has 0 aliphatic carbocycles. The van der Waals surface area contributed by atoms with Crippen LogP contribution < -0.4 is 10.6 Å². The van der Waals surface area contributed by atoms with Crippen LogP contribution in [0.1, 0.15) is 10.4 Å². The predicted octanol–water partition coefficient (Wildman–Crippen LogP) is 5.44. The molecule has 31 heavy (non-hydrogen) atoms. The molecule has 0 bridgehead atoms. The van der Waals surface area contributed by atoms with E-state index < -0.39 is 23.4 Å². The molecule has 0 atom stereocenters. The molecular formula is C21H15Cl2N3O5. The molecule has 0 saturated carbocycles.